The molecule has 1 heterocycles. The Bertz CT molecular complexity index is 853. The van der Waals surface area contributed by atoms with Crippen LogP contribution in [0.4, 0.5) is 17.3 Å². The highest BCUT2D eigenvalue weighted by Crippen LogP contribution is 2.27. The topological polar surface area (TPSA) is 68.3 Å². The van der Waals surface area contributed by atoms with Crippen molar-refractivity contribution in [3.63, 3.8) is 0 Å². The molecule has 3 aromatic rings. The van der Waals surface area contributed by atoms with Gasteiger partial charge in [0.2, 0.25) is 0 Å². The molecule has 0 unspecified atom stereocenters. The van der Waals surface area contributed by atoms with E-state index in [1.54, 1.807) is 13.4 Å². The summed E-state index contributed by atoms with van der Waals surface area (Å²) < 4.78 is 10.8. The monoisotopic (exact) mass is 364 g/mol. The Labute approximate surface area is 159 Å². The van der Waals surface area contributed by atoms with Gasteiger partial charge in [-0.1, -0.05) is 24.3 Å². The zero-order valence-electron chi connectivity index (χ0n) is 15.6. The fraction of sp³-hybridized carbons (Fsp3) is 0.238. The Hall–Kier alpha value is -3.28. The van der Waals surface area contributed by atoms with Crippen LogP contribution in [0.5, 0.6) is 11.5 Å². The van der Waals surface area contributed by atoms with Crippen LogP contribution in [0.2, 0.25) is 0 Å². The van der Waals surface area contributed by atoms with Crippen molar-refractivity contribution >= 4 is 17.3 Å². The Balaban J connectivity index is 1.58. The zero-order valence-corrected chi connectivity index (χ0v) is 15.6. The van der Waals surface area contributed by atoms with Crippen LogP contribution in [0, 0.1) is 0 Å². The maximum Gasteiger partial charge on any atom is 0.142 e. The van der Waals surface area contributed by atoms with Crippen molar-refractivity contribution in [3.05, 3.63) is 66.5 Å². The molecule has 6 nitrogen and oxygen atoms in total. The molecule has 27 heavy (non-hydrogen) atoms. The quantitative estimate of drug-likeness (QED) is 0.591. The first-order chi connectivity index (χ1) is 13.3. The fourth-order valence-electron chi connectivity index (χ4n) is 2.64. The minimum atomic E-state index is 0.612. The van der Waals surface area contributed by atoms with Crippen molar-refractivity contribution in [1.29, 1.82) is 0 Å². The van der Waals surface area contributed by atoms with Gasteiger partial charge in [-0.15, -0.1) is 0 Å². The second-order valence-electron chi connectivity index (χ2n) is 5.87. The van der Waals surface area contributed by atoms with Crippen LogP contribution in [0.25, 0.3) is 0 Å². The van der Waals surface area contributed by atoms with Gasteiger partial charge in [0.1, 0.15) is 29.5 Å². The van der Waals surface area contributed by atoms with E-state index in [9.17, 15) is 0 Å². The summed E-state index contributed by atoms with van der Waals surface area (Å²) in [6.07, 6.45) is 2.44. The van der Waals surface area contributed by atoms with Crippen LogP contribution < -0.4 is 20.1 Å². The Morgan fingerprint density at radius 1 is 0.963 bits per heavy atom. The molecule has 2 N–H and O–H groups in total. The summed E-state index contributed by atoms with van der Waals surface area (Å²) in [6.45, 7) is 3.35. The molecule has 6 heteroatoms. The van der Waals surface area contributed by atoms with Gasteiger partial charge in [-0.3, -0.25) is 0 Å². The van der Waals surface area contributed by atoms with Crippen molar-refractivity contribution in [1.82, 2.24) is 9.97 Å². The predicted molar refractivity (Wildman–Crippen MR) is 108 cm³/mol. The molecule has 0 saturated carbocycles. The summed E-state index contributed by atoms with van der Waals surface area (Å²) in [4.78, 5) is 8.57. The standard InChI is InChI=1S/C21H24N4O2/c1-3-27-19-7-5-4-6-18(19)25-21-14-20(23-15-24-21)22-13-12-16-8-10-17(26-2)11-9-16/h4-11,14-15H,3,12-13H2,1-2H3,(H2,22,23,24,25). The molecular formula is C21H24N4O2. The van der Waals surface area contributed by atoms with E-state index in [1.165, 1.54) is 5.56 Å². The normalized spacial score (nSPS) is 10.3. The average Bonchev–Trinajstić information content (AvgIpc) is 2.71. The molecule has 0 atom stereocenters. The maximum absolute atomic E-state index is 5.64. The van der Waals surface area contributed by atoms with Gasteiger partial charge in [-0.2, -0.15) is 0 Å². The molecular weight excluding hydrogens is 340 g/mol. The largest absolute Gasteiger partial charge is 0.497 e. The highest BCUT2D eigenvalue weighted by Gasteiger charge is 2.05. The van der Waals surface area contributed by atoms with Gasteiger partial charge in [-0.05, 0) is 43.2 Å². The lowest BCUT2D eigenvalue weighted by atomic mass is 10.1. The minimum Gasteiger partial charge on any atom is -0.497 e. The van der Waals surface area contributed by atoms with Crippen molar-refractivity contribution < 1.29 is 9.47 Å². The summed E-state index contributed by atoms with van der Waals surface area (Å²) in [5, 5.41) is 6.62. The van der Waals surface area contributed by atoms with E-state index in [0.717, 1.165) is 36.0 Å². The summed E-state index contributed by atoms with van der Waals surface area (Å²) in [5.41, 5.74) is 2.11. The number of hydrogen-bond donors (Lipinski definition) is 2. The second kappa shape index (κ2) is 9.43. The molecule has 0 spiro atoms. The predicted octanol–water partition coefficient (Wildman–Crippen LogP) is 4.28. The summed E-state index contributed by atoms with van der Waals surface area (Å²) >= 11 is 0. The molecule has 0 amide bonds. The Morgan fingerprint density at radius 3 is 2.52 bits per heavy atom. The van der Waals surface area contributed by atoms with Gasteiger partial charge in [0.25, 0.3) is 0 Å². The van der Waals surface area contributed by atoms with Gasteiger partial charge in [0.15, 0.2) is 0 Å². The molecule has 0 aliphatic rings. The van der Waals surface area contributed by atoms with E-state index < -0.39 is 0 Å². The Kier molecular flexibility index (Phi) is 6.46. The van der Waals surface area contributed by atoms with E-state index in [-0.39, 0.29) is 0 Å². The number of ether oxygens (including phenoxy) is 2. The number of para-hydroxylation sites is 2. The SMILES string of the molecule is CCOc1ccccc1Nc1cc(NCCc2ccc(OC)cc2)ncn1. The van der Waals surface area contributed by atoms with Gasteiger partial charge in [-0.25, -0.2) is 9.97 Å². The first-order valence-electron chi connectivity index (χ1n) is 8.96. The van der Waals surface area contributed by atoms with Crippen molar-refractivity contribution in [3.8, 4) is 11.5 Å². The van der Waals surface area contributed by atoms with Crippen LogP contribution in [0.3, 0.4) is 0 Å². The number of nitrogens with zero attached hydrogens (tertiary/aromatic N) is 2. The summed E-state index contributed by atoms with van der Waals surface area (Å²) in [7, 11) is 1.67. The summed E-state index contributed by atoms with van der Waals surface area (Å²) in [5.74, 6) is 3.15. The molecule has 0 aliphatic carbocycles. The van der Waals surface area contributed by atoms with E-state index in [1.807, 2.05) is 49.4 Å². The third-order valence-electron chi connectivity index (χ3n) is 4.00. The molecule has 0 radical (unpaired) electrons. The van der Waals surface area contributed by atoms with Crippen molar-refractivity contribution in [2.24, 2.45) is 0 Å². The molecule has 1 aromatic heterocycles. The zero-order chi connectivity index (χ0) is 18.9. The highest BCUT2D eigenvalue weighted by molar-refractivity contribution is 5.65. The first kappa shape index (κ1) is 18.5. The van der Waals surface area contributed by atoms with E-state index in [4.69, 9.17) is 9.47 Å². The van der Waals surface area contributed by atoms with Crippen LogP contribution in [-0.2, 0) is 6.42 Å². The molecule has 3 rings (SSSR count). The number of aromatic nitrogens is 2. The number of anilines is 3. The number of methoxy groups -OCH3 is 1. The van der Waals surface area contributed by atoms with E-state index >= 15 is 0 Å². The smallest absolute Gasteiger partial charge is 0.142 e. The van der Waals surface area contributed by atoms with E-state index in [2.05, 4.69) is 32.7 Å². The van der Waals surface area contributed by atoms with Gasteiger partial charge in [0.05, 0.1) is 19.4 Å². The summed E-state index contributed by atoms with van der Waals surface area (Å²) in [6, 6.07) is 17.8. The fourth-order valence-corrected chi connectivity index (χ4v) is 2.64. The second-order valence-corrected chi connectivity index (χ2v) is 5.87. The van der Waals surface area contributed by atoms with Crippen LogP contribution in [0.1, 0.15) is 12.5 Å². The first-order valence-corrected chi connectivity index (χ1v) is 8.96. The molecule has 2 aromatic carbocycles. The highest BCUT2D eigenvalue weighted by atomic mass is 16.5. The molecule has 0 fully saturated rings. The lowest BCUT2D eigenvalue weighted by Gasteiger charge is -2.12. The lowest BCUT2D eigenvalue weighted by Crippen LogP contribution is -2.07. The number of rotatable bonds is 9. The maximum atomic E-state index is 5.64. The van der Waals surface area contributed by atoms with E-state index in [0.29, 0.717) is 12.4 Å². The van der Waals surface area contributed by atoms with Crippen LogP contribution in [-0.4, -0.2) is 30.2 Å². The third kappa shape index (κ3) is 5.34. The Morgan fingerprint density at radius 2 is 1.74 bits per heavy atom. The molecule has 0 bridgehead atoms. The van der Waals surface area contributed by atoms with Crippen LogP contribution >= 0.6 is 0 Å². The minimum absolute atomic E-state index is 0.612. The van der Waals surface area contributed by atoms with Gasteiger partial charge in [0, 0.05) is 12.6 Å². The molecule has 0 aliphatic heterocycles. The van der Waals surface area contributed by atoms with Gasteiger partial charge >= 0.3 is 0 Å². The molecule has 0 saturated heterocycles. The van der Waals surface area contributed by atoms with Gasteiger partial charge < -0.3 is 20.1 Å². The number of nitrogens with one attached hydrogen (secondary N) is 2. The number of benzene rings is 2. The van der Waals surface area contributed by atoms with Crippen LogP contribution in [0.15, 0.2) is 60.9 Å². The third-order valence-corrected chi connectivity index (χ3v) is 4.00. The van der Waals surface area contributed by atoms with Crippen molar-refractivity contribution in [2.75, 3.05) is 30.9 Å². The average molecular weight is 364 g/mol. The number of hydrogen-bond acceptors (Lipinski definition) is 6. The lowest BCUT2D eigenvalue weighted by molar-refractivity contribution is 0.342. The van der Waals surface area contributed by atoms with Crippen molar-refractivity contribution in [2.45, 2.75) is 13.3 Å². The molecule has 140 valence electrons.